The first-order valence-electron chi connectivity index (χ1n) is 24.9. The Morgan fingerprint density at radius 1 is 0.849 bits per heavy atom. The maximum absolute atomic E-state index is 16.0. The first kappa shape index (κ1) is 54.8. The van der Waals surface area contributed by atoms with Gasteiger partial charge in [0.05, 0.1) is 42.4 Å². The summed E-state index contributed by atoms with van der Waals surface area (Å²) in [5, 5.41) is 26.2. The molecule has 73 heavy (non-hydrogen) atoms. The minimum Gasteiger partial charge on any atom is -0.481 e. The van der Waals surface area contributed by atoms with Gasteiger partial charge in [-0.15, -0.1) is 0 Å². The molecular weight excluding hydrogens is 955 g/mol. The largest absolute Gasteiger partial charge is 0.481 e. The molecule has 3 aliphatic carbocycles. The summed E-state index contributed by atoms with van der Waals surface area (Å²) in [5.74, 6) is -8.35. The number of carbonyl (C=O) groups excluding carboxylic acids is 6. The summed E-state index contributed by atoms with van der Waals surface area (Å²) in [7, 11) is -2.92. The Hall–Kier alpha value is -6.01. The maximum Gasteiger partial charge on any atom is 0.338 e. The van der Waals surface area contributed by atoms with Crippen LogP contribution in [0.15, 0.2) is 102 Å². The molecule has 2 saturated carbocycles. The molecule has 1 amide bonds. The maximum atomic E-state index is 16.0. The quantitative estimate of drug-likeness (QED) is 0.0569. The van der Waals surface area contributed by atoms with Gasteiger partial charge >= 0.3 is 29.8 Å². The van der Waals surface area contributed by atoms with E-state index in [9.17, 15) is 34.2 Å². The highest BCUT2D eigenvalue weighted by Crippen LogP contribution is 2.65. The van der Waals surface area contributed by atoms with E-state index < -0.39 is 145 Å². The second kappa shape index (κ2) is 20.4. The van der Waals surface area contributed by atoms with E-state index in [-0.39, 0.29) is 18.6 Å². The molecule has 4 aliphatic rings. The van der Waals surface area contributed by atoms with E-state index in [2.05, 4.69) is 5.32 Å². The van der Waals surface area contributed by atoms with Crippen LogP contribution in [0.1, 0.15) is 120 Å². The summed E-state index contributed by atoms with van der Waals surface area (Å²) in [6.45, 7) is 19.2. The summed E-state index contributed by atoms with van der Waals surface area (Å²) >= 11 is 0. The molecule has 3 fully saturated rings. The van der Waals surface area contributed by atoms with Crippen LogP contribution < -0.4 is 5.32 Å². The van der Waals surface area contributed by atoms with E-state index >= 15 is 9.59 Å². The molecule has 0 spiro atoms. The topological polar surface area (TPSA) is 227 Å². The van der Waals surface area contributed by atoms with Crippen molar-refractivity contribution in [1.29, 1.82) is 0 Å². The molecule has 1 unspecified atom stereocenters. The zero-order chi connectivity index (χ0) is 53.6. The van der Waals surface area contributed by atoms with Crippen LogP contribution in [0.5, 0.6) is 0 Å². The summed E-state index contributed by atoms with van der Waals surface area (Å²) in [6, 6.07) is 24.3. The molecular formula is C56H69NO15Si. The molecule has 7 rings (SSSR count). The number of ketones is 1. The fourth-order valence-corrected chi connectivity index (χ4v) is 12.8. The number of aliphatic hydroxyl groups is 1. The highest BCUT2D eigenvalue weighted by molar-refractivity contribution is 6.74. The van der Waals surface area contributed by atoms with E-state index in [0.29, 0.717) is 22.3 Å². The minimum absolute atomic E-state index is 0.0867. The number of aliphatic carboxylic acids is 1. The molecule has 3 aromatic rings. The number of Topliss-reactive ketones (excluding diaryl/α,β-unsaturated/α-hetero) is 1. The standard InChI is InChI=1S/C56H69NO15Si/c1-32-38(68-51(65)45(72-73(10,11)52(4,5)6)44(35-21-15-12-16-22-35)57-49(63)36-23-17-13-18-24-36)30-56(66)48(70-50(64)37-25-19-14-20-26-37)46-54(9,47(62)33(2)43(32)53(56,7)8)39(69-42(61)28-27-41(59)60)29-40-55(46,31-67-40)71-34(3)58/h12-26,33,38-40,44-46,48,66H,27-31H2,1-11H3,(H,57,63)(H,59,60)/t33-,38+,39+,40?,44+,45-,46+,48+,54-,55+,56-/m1/s1. The lowest BCUT2D eigenvalue weighted by atomic mass is 9.43. The van der Waals surface area contributed by atoms with Crippen molar-refractivity contribution < 1.29 is 71.9 Å². The molecule has 1 aliphatic heterocycles. The number of carbonyl (C=O) groups is 7. The lowest BCUT2D eigenvalue weighted by Gasteiger charge is -2.67. The molecule has 3 aromatic carbocycles. The van der Waals surface area contributed by atoms with Crippen molar-refractivity contribution in [2.45, 2.75) is 154 Å². The fraction of sp³-hybridized carbons (Fsp3) is 0.518. The summed E-state index contributed by atoms with van der Waals surface area (Å²) in [6.07, 6.45) is -8.70. The third kappa shape index (κ3) is 10.0. The van der Waals surface area contributed by atoms with Crippen LogP contribution in [-0.4, -0.2) is 108 Å². The van der Waals surface area contributed by atoms with Gasteiger partial charge in [0.25, 0.3) is 5.91 Å². The average Bonchev–Trinajstić information content (AvgIpc) is 3.33. The van der Waals surface area contributed by atoms with Gasteiger partial charge in [-0.1, -0.05) is 108 Å². The highest BCUT2D eigenvalue weighted by Gasteiger charge is 2.78. The van der Waals surface area contributed by atoms with Crippen molar-refractivity contribution in [3.8, 4) is 0 Å². The van der Waals surface area contributed by atoms with Gasteiger partial charge < -0.3 is 43.6 Å². The van der Waals surface area contributed by atoms with E-state index in [1.54, 1.807) is 100 Å². The van der Waals surface area contributed by atoms with Crippen molar-refractivity contribution in [3.63, 3.8) is 0 Å². The minimum atomic E-state index is -2.92. The van der Waals surface area contributed by atoms with Crippen LogP contribution in [0, 0.1) is 22.7 Å². The van der Waals surface area contributed by atoms with E-state index in [0.717, 1.165) is 0 Å². The van der Waals surface area contributed by atoms with Gasteiger partial charge in [0.1, 0.15) is 35.8 Å². The van der Waals surface area contributed by atoms with Crippen LogP contribution >= 0.6 is 0 Å². The number of amides is 1. The molecule has 17 heteroatoms. The Morgan fingerprint density at radius 3 is 1.96 bits per heavy atom. The van der Waals surface area contributed by atoms with Crippen LogP contribution in [0.2, 0.25) is 18.1 Å². The number of hydrogen-bond acceptors (Lipinski definition) is 14. The normalized spacial score (nSPS) is 29.3. The SMILES string of the molecule is CC(=O)O[C@@]12COC1C[C@H](OC(=O)CCC(=O)O)[C@@]1(C)C(=O)[C@H](C)C3=C(C)[C@@H](OC(=O)[C@H](O[Si](C)(C)C(C)(C)C)[C@@H](NC(=O)c4ccccc4)c4ccccc4)C[C@@](O)([C@@H](OC(=O)c4ccccc4)[C@@H]12)C3(C)C. The van der Waals surface area contributed by atoms with Crippen molar-refractivity contribution in [3.05, 3.63) is 119 Å². The second-order valence-corrected chi connectivity index (χ2v) is 27.1. The van der Waals surface area contributed by atoms with Gasteiger partial charge in [-0.05, 0) is 73.0 Å². The molecule has 1 heterocycles. The monoisotopic (exact) mass is 1020 g/mol. The Labute approximate surface area is 427 Å². The van der Waals surface area contributed by atoms with Crippen LogP contribution in [0.3, 0.4) is 0 Å². The number of rotatable bonds is 15. The summed E-state index contributed by atoms with van der Waals surface area (Å²) < 4.78 is 38.8. The lowest BCUT2D eigenvalue weighted by molar-refractivity contribution is -0.346. The molecule has 2 bridgehead atoms. The number of hydrogen-bond donors (Lipinski definition) is 3. The van der Waals surface area contributed by atoms with Gasteiger partial charge in [-0.3, -0.25) is 24.0 Å². The first-order chi connectivity index (χ1) is 34.1. The first-order valence-corrected chi connectivity index (χ1v) is 27.8. The highest BCUT2D eigenvalue weighted by atomic mass is 28.4. The Morgan fingerprint density at radius 2 is 1.42 bits per heavy atom. The van der Waals surface area contributed by atoms with Gasteiger partial charge in [-0.25, -0.2) is 9.59 Å². The predicted octanol–water partition coefficient (Wildman–Crippen LogP) is 7.89. The van der Waals surface area contributed by atoms with Gasteiger partial charge in [0.2, 0.25) is 0 Å². The average molecular weight is 1020 g/mol. The Bertz CT molecular complexity index is 2650. The van der Waals surface area contributed by atoms with Crippen molar-refractivity contribution >= 4 is 49.9 Å². The number of esters is 4. The molecule has 3 N–H and O–H groups in total. The summed E-state index contributed by atoms with van der Waals surface area (Å²) in [5.41, 5.74) is -5.70. The van der Waals surface area contributed by atoms with Crippen molar-refractivity contribution in [2.24, 2.45) is 22.7 Å². The Balaban J connectivity index is 1.42. The molecule has 0 aromatic heterocycles. The van der Waals surface area contributed by atoms with Gasteiger partial charge in [0.15, 0.2) is 20.0 Å². The smallest absolute Gasteiger partial charge is 0.338 e. The lowest BCUT2D eigenvalue weighted by Crippen LogP contribution is -2.81. The molecule has 16 nitrogen and oxygen atoms in total. The summed E-state index contributed by atoms with van der Waals surface area (Å²) in [4.78, 5) is 98.8. The van der Waals surface area contributed by atoms with E-state index in [1.807, 2.05) is 39.9 Å². The number of ether oxygens (including phenoxy) is 5. The molecule has 11 atom stereocenters. The van der Waals surface area contributed by atoms with E-state index in [1.165, 1.54) is 26.0 Å². The van der Waals surface area contributed by atoms with Crippen LogP contribution in [-0.2, 0) is 52.1 Å². The third-order valence-electron chi connectivity index (χ3n) is 16.5. The van der Waals surface area contributed by atoms with Gasteiger partial charge in [0, 0.05) is 36.7 Å². The van der Waals surface area contributed by atoms with Crippen LogP contribution in [0.25, 0.3) is 0 Å². The fourth-order valence-electron chi connectivity index (χ4n) is 11.6. The number of nitrogens with one attached hydrogen (secondary N) is 1. The van der Waals surface area contributed by atoms with E-state index in [4.69, 9.17) is 28.1 Å². The molecule has 392 valence electrons. The van der Waals surface area contributed by atoms with Gasteiger partial charge in [-0.2, -0.15) is 0 Å². The zero-order valence-corrected chi connectivity index (χ0v) is 44.5. The van der Waals surface area contributed by atoms with Crippen molar-refractivity contribution in [1.82, 2.24) is 5.32 Å². The third-order valence-corrected chi connectivity index (χ3v) is 21.0. The molecule has 1 saturated heterocycles. The zero-order valence-electron chi connectivity index (χ0n) is 43.5. The number of carboxylic acid groups (broad SMARTS) is 1. The number of fused-ring (bicyclic) bond motifs is 5. The van der Waals surface area contributed by atoms with Crippen LogP contribution in [0.4, 0.5) is 0 Å². The molecule has 0 radical (unpaired) electrons. The second-order valence-electron chi connectivity index (χ2n) is 22.3. The number of benzene rings is 3. The van der Waals surface area contributed by atoms with Crippen molar-refractivity contribution in [2.75, 3.05) is 6.61 Å². The number of carboxylic acids is 1. The predicted molar refractivity (Wildman–Crippen MR) is 268 cm³/mol. The Kier molecular flexibility index (Phi) is 15.3.